The first-order valence-electron chi connectivity index (χ1n) is 10.9. The fraction of sp³-hybridized carbons (Fsp3) is 0.320. The molecule has 0 aliphatic carbocycles. The number of piperazine rings is 1. The fourth-order valence-corrected chi connectivity index (χ4v) is 3.68. The highest BCUT2D eigenvalue weighted by atomic mass is 16.5. The van der Waals surface area contributed by atoms with Crippen LogP contribution < -0.4 is 15.0 Å². The predicted octanol–water partition coefficient (Wildman–Crippen LogP) is 3.95. The molecule has 7 nitrogen and oxygen atoms in total. The number of rotatable bonds is 6. The van der Waals surface area contributed by atoms with Gasteiger partial charge in [-0.2, -0.15) is 4.98 Å². The van der Waals surface area contributed by atoms with Crippen LogP contribution in [-0.2, 0) is 4.79 Å². The highest BCUT2D eigenvalue weighted by molar-refractivity contribution is 5.81. The third-order valence-corrected chi connectivity index (χ3v) is 5.44. The molecule has 1 aliphatic rings. The van der Waals surface area contributed by atoms with Crippen molar-refractivity contribution in [2.45, 2.75) is 26.9 Å². The number of hydrogen-bond acceptors (Lipinski definition) is 6. The maximum Gasteiger partial charge on any atom is 0.263 e. The van der Waals surface area contributed by atoms with E-state index in [2.05, 4.69) is 34.3 Å². The topological polar surface area (TPSA) is 70.6 Å². The molecular weight excluding hydrogens is 402 g/mol. The van der Waals surface area contributed by atoms with E-state index in [0.29, 0.717) is 37.9 Å². The van der Waals surface area contributed by atoms with Crippen molar-refractivity contribution < 1.29 is 9.53 Å². The van der Waals surface area contributed by atoms with E-state index in [0.717, 1.165) is 17.2 Å². The van der Waals surface area contributed by atoms with Gasteiger partial charge in [0.15, 0.2) is 6.10 Å². The molecule has 4 rings (SSSR count). The summed E-state index contributed by atoms with van der Waals surface area (Å²) < 4.78 is 5.80. The molecule has 2 heterocycles. The molecule has 1 saturated heterocycles. The molecular formula is C25H29N5O2. The summed E-state index contributed by atoms with van der Waals surface area (Å²) in [5, 5.41) is 3.36. The van der Waals surface area contributed by atoms with Crippen molar-refractivity contribution in [2.75, 3.05) is 36.4 Å². The Morgan fingerprint density at radius 1 is 0.969 bits per heavy atom. The van der Waals surface area contributed by atoms with E-state index in [1.807, 2.05) is 60.4 Å². The SMILES string of the molecule is Cc1ccc(Nc2cc(C)nc(N3CCN(C(=O)[C@H](C)Oc4ccccc4)CC3)n2)cc1. The number of aromatic nitrogens is 2. The Morgan fingerprint density at radius 2 is 1.66 bits per heavy atom. The van der Waals surface area contributed by atoms with Crippen LogP contribution in [0.4, 0.5) is 17.5 Å². The van der Waals surface area contributed by atoms with Gasteiger partial charge in [0.1, 0.15) is 11.6 Å². The van der Waals surface area contributed by atoms with Gasteiger partial charge in [-0.15, -0.1) is 0 Å². The number of para-hydroxylation sites is 1. The molecule has 2 aromatic carbocycles. The molecule has 1 fully saturated rings. The van der Waals surface area contributed by atoms with Crippen LogP contribution >= 0.6 is 0 Å². The highest BCUT2D eigenvalue weighted by Gasteiger charge is 2.27. The molecule has 0 saturated carbocycles. The number of benzene rings is 2. The molecule has 1 aliphatic heterocycles. The average molecular weight is 432 g/mol. The summed E-state index contributed by atoms with van der Waals surface area (Å²) in [4.78, 5) is 26.1. The van der Waals surface area contributed by atoms with Crippen molar-refractivity contribution in [3.63, 3.8) is 0 Å². The lowest BCUT2D eigenvalue weighted by molar-refractivity contribution is -0.138. The van der Waals surface area contributed by atoms with Crippen LogP contribution in [0.5, 0.6) is 5.75 Å². The van der Waals surface area contributed by atoms with Crippen molar-refractivity contribution in [1.29, 1.82) is 0 Å². The zero-order valence-electron chi connectivity index (χ0n) is 18.8. The van der Waals surface area contributed by atoms with E-state index in [4.69, 9.17) is 9.72 Å². The van der Waals surface area contributed by atoms with Crippen LogP contribution in [0.25, 0.3) is 0 Å². The summed E-state index contributed by atoms with van der Waals surface area (Å²) in [5.41, 5.74) is 3.10. The quantitative estimate of drug-likeness (QED) is 0.637. The van der Waals surface area contributed by atoms with Crippen LogP contribution in [0.3, 0.4) is 0 Å². The number of hydrogen-bond donors (Lipinski definition) is 1. The van der Waals surface area contributed by atoms with Gasteiger partial charge in [0.25, 0.3) is 5.91 Å². The maximum atomic E-state index is 12.8. The van der Waals surface area contributed by atoms with E-state index in [-0.39, 0.29) is 5.91 Å². The largest absolute Gasteiger partial charge is 0.481 e. The first-order valence-corrected chi connectivity index (χ1v) is 10.9. The summed E-state index contributed by atoms with van der Waals surface area (Å²) in [5.74, 6) is 2.15. The molecule has 0 radical (unpaired) electrons. The van der Waals surface area contributed by atoms with Gasteiger partial charge in [0.2, 0.25) is 5.95 Å². The lowest BCUT2D eigenvalue weighted by Gasteiger charge is -2.36. The molecule has 0 spiro atoms. The van der Waals surface area contributed by atoms with Gasteiger partial charge in [-0.3, -0.25) is 4.79 Å². The lowest BCUT2D eigenvalue weighted by Crippen LogP contribution is -2.52. The molecule has 166 valence electrons. The molecule has 0 unspecified atom stereocenters. The first-order chi connectivity index (χ1) is 15.5. The molecule has 1 aromatic heterocycles. The van der Waals surface area contributed by atoms with Crippen LogP contribution in [0.15, 0.2) is 60.7 Å². The molecule has 3 aromatic rings. The Kier molecular flexibility index (Phi) is 6.54. The van der Waals surface area contributed by atoms with Crippen molar-refractivity contribution in [2.24, 2.45) is 0 Å². The highest BCUT2D eigenvalue weighted by Crippen LogP contribution is 2.20. The average Bonchev–Trinajstić information content (AvgIpc) is 2.80. The van der Waals surface area contributed by atoms with Gasteiger partial charge in [0, 0.05) is 43.6 Å². The Morgan fingerprint density at radius 3 is 2.34 bits per heavy atom. The van der Waals surface area contributed by atoms with Gasteiger partial charge in [0.05, 0.1) is 0 Å². The number of aryl methyl sites for hydroxylation is 2. The zero-order valence-corrected chi connectivity index (χ0v) is 18.8. The monoisotopic (exact) mass is 431 g/mol. The van der Waals surface area contributed by atoms with Gasteiger partial charge < -0.3 is 19.9 Å². The standard InChI is InChI=1S/C25H29N5O2/c1-18-9-11-21(12-10-18)27-23-17-19(2)26-25(28-23)30-15-13-29(14-16-30)24(31)20(3)32-22-7-5-4-6-8-22/h4-12,17,20H,13-16H2,1-3H3,(H,26,27,28)/t20-/m0/s1. The van der Waals surface area contributed by atoms with Gasteiger partial charge >= 0.3 is 0 Å². The fourth-order valence-electron chi connectivity index (χ4n) is 3.68. The van der Waals surface area contributed by atoms with E-state index in [1.165, 1.54) is 5.56 Å². The third-order valence-electron chi connectivity index (χ3n) is 5.44. The van der Waals surface area contributed by atoms with E-state index in [1.54, 1.807) is 6.92 Å². The number of ether oxygens (including phenoxy) is 1. The third kappa shape index (κ3) is 5.35. The van der Waals surface area contributed by atoms with Crippen molar-refractivity contribution in [3.8, 4) is 5.75 Å². The van der Waals surface area contributed by atoms with E-state index >= 15 is 0 Å². The number of nitrogens with one attached hydrogen (secondary N) is 1. The summed E-state index contributed by atoms with van der Waals surface area (Å²) >= 11 is 0. The molecule has 0 bridgehead atoms. The van der Waals surface area contributed by atoms with Crippen LogP contribution in [-0.4, -0.2) is 53.1 Å². The number of anilines is 3. The minimum atomic E-state index is -0.524. The van der Waals surface area contributed by atoms with Crippen LogP contribution in [0, 0.1) is 13.8 Å². The van der Waals surface area contributed by atoms with Gasteiger partial charge in [-0.25, -0.2) is 4.98 Å². The molecule has 1 N–H and O–H groups in total. The van der Waals surface area contributed by atoms with E-state index in [9.17, 15) is 4.79 Å². The summed E-state index contributed by atoms with van der Waals surface area (Å²) in [6.07, 6.45) is -0.524. The second-order valence-electron chi connectivity index (χ2n) is 8.07. The Balaban J connectivity index is 1.36. The minimum absolute atomic E-state index is 0.000361. The van der Waals surface area contributed by atoms with Crippen molar-refractivity contribution in [3.05, 3.63) is 71.9 Å². The summed E-state index contributed by atoms with van der Waals surface area (Å²) in [6, 6.07) is 19.6. The van der Waals surface area contributed by atoms with Gasteiger partial charge in [-0.05, 0) is 45.0 Å². The number of carbonyl (C=O) groups is 1. The number of carbonyl (C=O) groups excluding carboxylic acids is 1. The second-order valence-corrected chi connectivity index (χ2v) is 8.07. The molecule has 32 heavy (non-hydrogen) atoms. The Bertz CT molecular complexity index is 1050. The first kappa shape index (κ1) is 21.6. The van der Waals surface area contributed by atoms with Crippen LogP contribution in [0.1, 0.15) is 18.2 Å². The predicted molar refractivity (Wildman–Crippen MR) is 127 cm³/mol. The maximum absolute atomic E-state index is 12.8. The lowest BCUT2D eigenvalue weighted by atomic mass is 10.2. The summed E-state index contributed by atoms with van der Waals surface area (Å²) in [6.45, 7) is 8.41. The molecule has 1 amide bonds. The number of amides is 1. The Hall–Kier alpha value is -3.61. The normalized spacial score (nSPS) is 14.7. The van der Waals surface area contributed by atoms with Crippen molar-refractivity contribution in [1.82, 2.24) is 14.9 Å². The minimum Gasteiger partial charge on any atom is -0.481 e. The number of nitrogens with zero attached hydrogens (tertiary/aromatic N) is 4. The van der Waals surface area contributed by atoms with Crippen LogP contribution in [0.2, 0.25) is 0 Å². The molecule has 1 atom stereocenters. The van der Waals surface area contributed by atoms with Gasteiger partial charge in [-0.1, -0.05) is 35.9 Å². The van der Waals surface area contributed by atoms with E-state index < -0.39 is 6.10 Å². The second kappa shape index (κ2) is 9.68. The zero-order chi connectivity index (χ0) is 22.5. The molecule has 7 heteroatoms. The Labute approximate surface area is 189 Å². The summed E-state index contributed by atoms with van der Waals surface area (Å²) in [7, 11) is 0. The smallest absolute Gasteiger partial charge is 0.263 e. The van der Waals surface area contributed by atoms with Crippen molar-refractivity contribution >= 4 is 23.4 Å².